The maximum Gasteiger partial charge on any atom is 0.319 e. The number of likely N-dealkylation sites (tertiary alicyclic amines) is 1. The van der Waals surface area contributed by atoms with Crippen LogP contribution in [0, 0.1) is 17.5 Å². The van der Waals surface area contributed by atoms with Crippen LogP contribution >= 0.6 is 0 Å². The highest BCUT2D eigenvalue weighted by Gasteiger charge is 2.36. The highest BCUT2D eigenvalue weighted by Crippen LogP contribution is 2.42. The molecule has 1 aromatic heterocycles. The fourth-order valence-corrected chi connectivity index (χ4v) is 7.08. The Morgan fingerprint density at radius 2 is 1.91 bits per heavy atom. The van der Waals surface area contributed by atoms with E-state index in [0.717, 1.165) is 19.4 Å². The maximum atomic E-state index is 16.7. The number of aromatic hydroxyl groups is 1. The summed E-state index contributed by atoms with van der Waals surface area (Å²) in [7, 11) is 1.82. The second kappa shape index (κ2) is 10.8. The number of phenols is 1. The number of piperazine rings is 1. The average Bonchev–Trinajstić information content (AvgIpc) is 3.32. The van der Waals surface area contributed by atoms with Gasteiger partial charge in [-0.3, -0.25) is 4.90 Å². The van der Waals surface area contributed by atoms with E-state index < -0.39 is 29.2 Å². The molecule has 0 amide bonds. The molecule has 4 fully saturated rings. The first-order chi connectivity index (χ1) is 20.7. The molecule has 7 nitrogen and oxygen atoms in total. The summed E-state index contributed by atoms with van der Waals surface area (Å²) in [6.45, 7) is 3.52. The lowest BCUT2D eigenvalue weighted by atomic mass is 9.91. The lowest BCUT2D eigenvalue weighted by molar-refractivity contribution is 0.188. The SMILES string of the molecule is CCc1c(F)ccc2cc(O)cc(-c3c(F)cc4c(N5C[C@@H]6CCC5CN6)nc(OC[C@@H]5C[C@@H](F)CN5C)nc4c3F)c12. The number of rotatable bonds is 6. The third-order valence-corrected chi connectivity index (χ3v) is 9.28. The number of fused-ring (bicyclic) bond motifs is 5. The van der Waals surface area contributed by atoms with Crippen molar-refractivity contribution in [2.75, 3.05) is 38.2 Å². The summed E-state index contributed by atoms with van der Waals surface area (Å²) in [5, 5.41) is 15.0. The van der Waals surface area contributed by atoms with E-state index in [1.807, 2.05) is 11.9 Å². The highest BCUT2D eigenvalue weighted by atomic mass is 19.1. The summed E-state index contributed by atoms with van der Waals surface area (Å²) in [6, 6.07) is 6.73. The Hall–Kier alpha value is -3.70. The zero-order valence-corrected chi connectivity index (χ0v) is 24.0. The Kier molecular flexibility index (Phi) is 7.04. The van der Waals surface area contributed by atoms with E-state index in [2.05, 4.69) is 20.2 Å². The van der Waals surface area contributed by atoms with Crippen LogP contribution in [0.4, 0.5) is 23.4 Å². The number of hydrogen-bond donors (Lipinski definition) is 2. The Morgan fingerprint density at radius 3 is 2.58 bits per heavy atom. The number of likely N-dealkylation sites (N-methyl/N-ethyl adjacent to an activating group) is 1. The summed E-state index contributed by atoms with van der Waals surface area (Å²) >= 11 is 0. The van der Waals surface area contributed by atoms with E-state index >= 15 is 8.78 Å². The van der Waals surface area contributed by atoms with Crippen LogP contribution in [0.25, 0.3) is 32.8 Å². The summed E-state index contributed by atoms with van der Waals surface area (Å²) in [5.41, 5.74) is -0.224. The molecule has 11 heteroatoms. The van der Waals surface area contributed by atoms with Gasteiger partial charge in [-0.15, -0.1) is 0 Å². The predicted molar refractivity (Wildman–Crippen MR) is 157 cm³/mol. The van der Waals surface area contributed by atoms with Crippen LogP contribution in [0.2, 0.25) is 0 Å². The van der Waals surface area contributed by atoms with Gasteiger partial charge in [-0.1, -0.05) is 13.0 Å². The zero-order chi connectivity index (χ0) is 30.0. The third-order valence-electron chi connectivity index (χ3n) is 9.28. The smallest absolute Gasteiger partial charge is 0.319 e. The van der Waals surface area contributed by atoms with Crippen LogP contribution < -0.4 is 15.0 Å². The van der Waals surface area contributed by atoms with Crippen molar-refractivity contribution < 1.29 is 27.4 Å². The van der Waals surface area contributed by atoms with E-state index in [9.17, 15) is 13.9 Å². The van der Waals surface area contributed by atoms with Gasteiger partial charge in [0.1, 0.15) is 41.5 Å². The van der Waals surface area contributed by atoms with E-state index in [0.29, 0.717) is 41.7 Å². The first-order valence-corrected chi connectivity index (χ1v) is 14.8. The molecule has 0 saturated carbocycles. The highest BCUT2D eigenvalue weighted by molar-refractivity contribution is 6.03. The number of ether oxygens (including phenoxy) is 1. The first kappa shape index (κ1) is 28.1. The molecule has 0 radical (unpaired) electrons. The van der Waals surface area contributed by atoms with Crippen LogP contribution in [0.15, 0.2) is 30.3 Å². The van der Waals surface area contributed by atoms with Crippen molar-refractivity contribution in [3.8, 4) is 22.9 Å². The summed E-state index contributed by atoms with van der Waals surface area (Å²) in [5.74, 6) is -2.15. The number of aromatic nitrogens is 2. The lowest BCUT2D eigenvalue weighted by Crippen LogP contribution is -2.61. The van der Waals surface area contributed by atoms with Gasteiger partial charge in [-0.05, 0) is 78.9 Å². The molecule has 4 atom stereocenters. The fourth-order valence-electron chi connectivity index (χ4n) is 7.08. The summed E-state index contributed by atoms with van der Waals surface area (Å²) in [4.78, 5) is 13.0. The van der Waals surface area contributed by atoms with Gasteiger partial charge >= 0.3 is 6.01 Å². The van der Waals surface area contributed by atoms with Gasteiger partial charge in [-0.25, -0.2) is 17.6 Å². The number of benzene rings is 3. The molecule has 0 spiro atoms. The molecular weight excluding hydrogens is 562 g/mol. The quantitative estimate of drug-likeness (QED) is 0.286. The largest absolute Gasteiger partial charge is 0.508 e. The second-order valence-electron chi connectivity index (χ2n) is 12.0. The summed E-state index contributed by atoms with van der Waals surface area (Å²) < 4.78 is 67.8. The maximum absolute atomic E-state index is 16.7. The molecule has 226 valence electrons. The predicted octanol–water partition coefficient (Wildman–Crippen LogP) is 5.50. The van der Waals surface area contributed by atoms with Gasteiger partial charge in [0.2, 0.25) is 0 Å². The molecule has 4 aliphatic rings. The van der Waals surface area contributed by atoms with Gasteiger partial charge in [0.15, 0.2) is 5.82 Å². The standard InChI is InChI=1S/C32H33F4N5O2/c1-3-22-25(34)7-4-16-8-21(42)10-23(27(16)22)28-26(35)11-24-30(29(28)36)38-32(43-15-20-9-17(33)13-40(20)2)39-31(24)41-14-18-5-6-19(41)12-37-18/h4,7-8,10-11,17-20,37,42H,3,5-6,9,12-15H2,1-2H3/t17-,18+,19?,20+/m1/s1. The molecule has 4 saturated heterocycles. The summed E-state index contributed by atoms with van der Waals surface area (Å²) in [6.07, 6.45) is 1.54. The van der Waals surface area contributed by atoms with Gasteiger partial charge in [0.25, 0.3) is 0 Å². The molecule has 5 heterocycles. The fraction of sp³-hybridized carbons (Fsp3) is 0.438. The van der Waals surface area contributed by atoms with E-state index in [4.69, 9.17) is 4.74 Å². The number of halogens is 4. The second-order valence-corrected chi connectivity index (χ2v) is 12.0. The lowest BCUT2D eigenvalue weighted by Gasteiger charge is -2.46. The van der Waals surface area contributed by atoms with Crippen molar-refractivity contribution >= 4 is 27.5 Å². The van der Waals surface area contributed by atoms with Crippen molar-refractivity contribution in [1.82, 2.24) is 20.2 Å². The molecule has 4 aliphatic heterocycles. The van der Waals surface area contributed by atoms with Crippen molar-refractivity contribution in [2.45, 2.75) is 56.9 Å². The van der Waals surface area contributed by atoms with Crippen LogP contribution in [-0.4, -0.2) is 77.6 Å². The molecule has 3 aromatic carbocycles. The van der Waals surface area contributed by atoms with Gasteiger partial charge in [0.05, 0.1) is 5.56 Å². The minimum atomic E-state index is -0.957. The number of aryl methyl sites for hydroxylation is 1. The van der Waals surface area contributed by atoms with Crippen LogP contribution in [0.5, 0.6) is 11.8 Å². The zero-order valence-electron chi connectivity index (χ0n) is 24.0. The van der Waals surface area contributed by atoms with Crippen molar-refractivity contribution in [1.29, 1.82) is 0 Å². The number of nitrogens with zero attached hydrogens (tertiary/aromatic N) is 4. The van der Waals surface area contributed by atoms with Crippen LogP contribution in [0.1, 0.15) is 31.7 Å². The molecule has 0 aliphatic carbocycles. The van der Waals surface area contributed by atoms with Crippen LogP contribution in [-0.2, 0) is 6.42 Å². The molecular formula is C32H33F4N5O2. The Bertz CT molecular complexity index is 1730. The number of alkyl halides is 1. The monoisotopic (exact) mass is 595 g/mol. The number of nitrogens with one attached hydrogen (secondary N) is 1. The topological polar surface area (TPSA) is 73.8 Å². The van der Waals surface area contributed by atoms with E-state index in [-0.39, 0.29) is 59.4 Å². The van der Waals surface area contributed by atoms with Gasteiger partial charge < -0.3 is 20.1 Å². The molecule has 2 N–H and O–H groups in total. The molecule has 43 heavy (non-hydrogen) atoms. The first-order valence-electron chi connectivity index (χ1n) is 14.8. The van der Waals surface area contributed by atoms with Crippen molar-refractivity contribution in [3.05, 3.63) is 53.3 Å². The minimum absolute atomic E-state index is 0.0358. The van der Waals surface area contributed by atoms with Gasteiger partial charge in [0, 0.05) is 43.1 Å². The molecule has 4 aromatic rings. The number of hydrogen-bond acceptors (Lipinski definition) is 7. The normalized spacial score (nSPS) is 24.0. The molecule has 8 rings (SSSR count). The van der Waals surface area contributed by atoms with E-state index in [1.165, 1.54) is 30.3 Å². The van der Waals surface area contributed by atoms with Gasteiger partial charge in [-0.2, -0.15) is 9.97 Å². The average molecular weight is 596 g/mol. The molecule has 1 unspecified atom stereocenters. The van der Waals surface area contributed by atoms with E-state index in [1.54, 1.807) is 6.92 Å². The number of phenolic OH excluding ortho intramolecular Hbond substituents is 1. The van der Waals surface area contributed by atoms with Crippen molar-refractivity contribution in [3.63, 3.8) is 0 Å². The Balaban J connectivity index is 1.42. The van der Waals surface area contributed by atoms with Crippen LogP contribution in [0.3, 0.4) is 0 Å². The number of piperidine rings is 2. The molecule has 2 bridgehead atoms. The van der Waals surface area contributed by atoms with Crippen molar-refractivity contribution in [2.24, 2.45) is 0 Å². The number of anilines is 1. The third kappa shape index (κ3) is 4.82. The minimum Gasteiger partial charge on any atom is -0.508 e. The Labute approximate surface area is 246 Å². The Morgan fingerprint density at radius 1 is 1.07 bits per heavy atom.